The van der Waals surface area contributed by atoms with Gasteiger partial charge in [0, 0.05) is 21.1 Å². The first-order valence-corrected chi connectivity index (χ1v) is 13.3. The van der Waals surface area contributed by atoms with E-state index in [1.807, 2.05) is 24.3 Å². The van der Waals surface area contributed by atoms with Gasteiger partial charge in [-0.25, -0.2) is 8.42 Å². The minimum absolute atomic E-state index is 0. The van der Waals surface area contributed by atoms with Crippen LogP contribution in [-0.2, 0) is 19.5 Å². The maximum Gasteiger partial charge on any atom is 1.00 e. The zero-order chi connectivity index (χ0) is 27.4. The zero-order valence-electron chi connectivity index (χ0n) is 21.7. The molecule has 41 heavy (non-hydrogen) atoms. The predicted molar refractivity (Wildman–Crippen MR) is 140 cm³/mol. The van der Waals surface area contributed by atoms with Gasteiger partial charge in [0.1, 0.15) is 15.9 Å². The van der Waals surface area contributed by atoms with E-state index >= 15 is 0 Å². The molecule has 0 spiro atoms. The molecule has 0 amide bonds. The van der Waals surface area contributed by atoms with Crippen LogP contribution >= 0.6 is 12.0 Å². The van der Waals surface area contributed by atoms with E-state index in [0.29, 0.717) is 40.2 Å². The molecule has 0 bridgehead atoms. The maximum atomic E-state index is 11.9. The molecule has 11 nitrogen and oxygen atoms in total. The maximum absolute atomic E-state index is 11.9. The van der Waals surface area contributed by atoms with E-state index in [4.69, 9.17) is 0 Å². The summed E-state index contributed by atoms with van der Waals surface area (Å²) in [7, 11) is -4.86. The van der Waals surface area contributed by atoms with E-state index in [9.17, 15) is 23.3 Å². The number of azo groups is 2. The first-order chi connectivity index (χ1) is 18.8. The van der Waals surface area contributed by atoms with Crippen LogP contribution in [-0.4, -0.2) is 18.1 Å². The van der Waals surface area contributed by atoms with Crippen LogP contribution in [0, 0.1) is 0 Å². The number of hydrogen-bond acceptors (Lipinski definition) is 12. The fourth-order valence-electron chi connectivity index (χ4n) is 3.84. The molecule has 0 saturated heterocycles. The van der Waals surface area contributed by atoms with E-state index in [0.717, 1.165) is 16.8 Å². The van der Waals surface area contributed by atoms with Crippen LogP contribution in [0.2, 0.25) is 0 Å². The first kappa shape index (κ1) is 33.3. The van der Waals surface area contributed by atoms with Gasteiger partial charge in [0.05, 0.1) is 39.7 Å². The van der Waals surface area contributed by atoms with E-state index in [1.165, 1.54) is 24.3 Å². The fraction of sp³-hybridized carbons (Fsp3) is 0. The van der Waals surface area contributed by atoms with Gasteiger partial charge in [0.2, 0.25) is 0 Å². The Morgan fingerprint density at radius 3 is 1.88 bits per heavy atom. The topological polar surface area (TPSA) is 168 Å². The monoisotopic (exact) mass is 606 g/mol. The summed E-state index contributed by atoms with van der Waals surface area (Å²) >= 11 is 0.478. The summed E-state index contributed by atoms with van der Waals surface area (Å²) in [5.41, 5.74) is 2.03. The Bertz CT molecular complexity index is 1860. The quantitative estimate of drug-likeness (QED) is 0.0672. The number of benzene rings is 5. The van der Waals surface area contributed by atoms with Gasteiger partial charge in [-0.2, -0.15) is 14.6 Å². The summed E-state index contributed by atoms with van der Waals surface area (Å²) < 4.78 is 40.0. The van der Waals surface area contributed by atoms with Crippen LogP contribution in [0.15, 0.2) is 121 Å². The number of aromatic hydroxyl groups is 1. The summed E-state index contributed by atoms with van der Waals surface area (Å²) in [5, 5.41) is 42.1. The number of rotatable bonds is 8. The summed E-state index contributed by atoms with van der Waals surface area (Å²) in [5.74, 6) is 0.135. The van der Waals surface area contributed by atoms with Gasteiger partial charge in [-0.15, -0.1) is 10.2 Å². The third-order valence-corrected chi connectivity index (χ3v) is 7.00. The smallest absolute Gasteiger partial charge is 0.744 e. The minimum Gasteiger partial charge on any atom is -0.744 e. The van der Waals surface area contributed by atoms with Gasteiger partial charge in [0.15, 0.2) is 0 Å². The van der Waals surface area contributed by atoms with Crippen LogP contribution < -0.4 is 64.4 Å². The van der Waals surface area contributed by atoms with Crippen molar-refractivity contribution in [2.75, 3.05) is 0 Å². The van der Waals surface area contributed by atoms with Gasteiger partial charge < -0.3 is 14.9 Å². The Labute approximate surface area is 282 Å². The largest absolute Gasteiger partial charge is 1.00 e. The molecule has 0 aliphatic rings. The van der Waals surface area contributed by atoms with Crippen molar-refractivity contribution in [1.29, 1.82) is 0 Å². The molecule has 5 rings (SSSR count). The SMILES string of the molecule is O=S(=O)([O-])c1cc(SOO[O-])cc2ccc(N=Nc3ccc(N=Nc4ccc(O)cc4)c4ccccc34)cc12.[Na+].[Na+]. The third kappa shape index (κ3) is 8.20. The molecule has 5 aromatic carbocycles. The first-order valence-electron chi connectivity index (χ1n) is 11.1. The molecular weight excluding hydrogens is 590 g/mol. The molecule has 0 aliphatic heterocycles. The summed E-state index contributed by atoms with van der Waals surface area (Å²) in [6.45, 7) is 0. The molecular formula is C26H16N4Na2O7S2. The van der Waals surface area contributed by atoms with Crippen molar-refractivity contribution in [3.63, 3.8) is 0 Å². The minimum atomic E-state index is -4.86. The van der Waals surface area contributed by atoms with Crippen LogP contribution in [0.4, 0.5) is 22.7 Å². The Hall–Kier alpha value is -2.24. The van der Waals surface area contributed by atoms with Gasteiger partial charge in [-0.05, 0) is 66.0 Å². The van der Waals surface area contributed by atoms with Crippen molar-refractivity contribution in [2.45, 2.75) is 9.79 Å². The van der Waals surface area contributed by atoms with Crippen molar-refractivity contribution in [3.05, 3.63) is 91.0 Å². The molecule has 15 heteroatoms. The molecule has 0 saturated carbocycles. The van der Waals surface area contributed by atoms with Crippen LogP contribution in [0.1, 0.15) is 0 Å². The van der Waals surface area contributed by atoms with Crippen LogP contribution in [0.5, 0.6) is 5.75 Å². The van der Waals surface area contributed by atoms with E-state index < -0.39 is 15.0 Å². The molecule has 1 N–H and O–H groups in total. The van der Waals surface area contributed by atoms with Crippen molar-refractivity contribution in [2.24, 2.45) is 20.5 Å². The zero-order valence-corrected chi connectivity index (χ0v) is 27.3. The van der Waals surface area contributed by atoms with Gasteiger partial charge >= 0.3 is 59.1 Å². The molecule has 0 aromatic heterocycles. The van der Waals surface area contributed by atoms with E-state index in [1.54, 1.807) is 36.4 Å². The number of phenolic OH excluding ortho intramolecular Hbond substituents is 1. The summed E-state index contributed by atoms with van der Waals surface area (Å²) in [6.07, 6.45) is 0. The third-order valence-electron chi connectivity index (χ3n) is 5.57. The molecule has 0 fully saturated rings. The summed E-state index contributed by atoms with van der Waals surface area (Å²) in [6, 6.07) is 24.5. The number of fused-ring (bicyclic) bond motifs is 2. The van der Waals surface area contributed by atoms with Gasteiger partial charge in [-0.1, -0.05) is 30.3 Å². The van der Waals surface area contributed by atoms with Crippen molar-refractivity contribution in [3.8, 4) is 5.75 Å². The Morgan fingerprint density at radius 2 is 1.29 bits per heavy atom. The van der Waals surface area contributed by atoms with E-state index in [2.05, 4.69) is 29.8 Å². The second kappa shape index (κ2) is 14.8. The number of phenols is 1. The molecule has 0 aliphatic carbocycles. The molecule has 196 valence electrons. The van der Waals surface area contributed by atoms with Crippen molar-refractivity contribution in [1.82, 2.24) is 0 Å². The molecule has 0 atom stereocenters. The fourth-order valence-corrected chi connectivity index (χ4v) is 5.08. The van der Waals surface area contributed by atoms with E-state index in [-0.39, 0.29) is 75.1 Å². The van der Waals surface area contributed by atoms with Gasteiger partial charge in [0.25, 0.3) is 0 Å². The molecule has 0 unspecified atom stereocenters. The number of nitrogens with zero attached hydrogens (tertiary/aromatic N) is 4. The Morgan fingerprint density at radius 1 is 0.707 bits per heavy atom. The van der Waals surface area contributed by atoms with Gasteiger partial charge in [-0.3, -0.25) is 5.04 Å². The second-order valence-electron chi connectivity index (χ2n) is 8.07. The Balaban J connectivity index is 0.00000231. The average molecular weight is 607 g/mol. The van der Waals surface area contributed by atoms with Crippen molar-refractivity contribution >= 4 is 66.5 Å². The standard InChI is InChI=1S/C26H18N4O7S2.2Na/c31-19-9-7-17(8-10-19)27-29-24-11-12-25(22-4-2-1-3-21(22)24)30-28-18-6-5-16-13-20(38-37-36-32)15-26(23(16)14-18)39(33,34)35;;/h1-15,31-32H,(H,33,34,35);;/q;2*+1/p-2. The van der Waals surface area contributed by atoms with Crippen molar-refractivity contribution < 1.29 is 91.8 Å². The second-order valence-corrected chi connectivity index (χ2v) is 10.2. The van der Waals surface area contributed by atoms with Crippen LogP contribution in [0.25, 0.3) is 21.5 Å². The normalized spacial score (nSPS) is 11.7. The molecule has 5 aromatic rings. The number of hydrogen-bond donors (Lipinski definition) is 1. The molecule has 0 heterocycles. The predicted octanol–water partition coefficient (Wildman–Crippen LogP) is 0.672. The average Bonchev–Trinajstić information content (AvgIpc) is 2.94. The Kier molecular flexibility index (Phi) is 12.0. The summed E-state index contributed by atoms with van der Waals surface area (Å²) in [4.78, 5) is -0.306. The van der Waals surface area contributed by atoms with Crippen LogP contribution in [0.3, 0.4) is 0 Å². The molecule has 0 radical (unpaired) electrons.